The summed E-state index contributed by atoms with van der Waals surface area (Å²) in [7, 11) is 0. The quantitative estimate of drug-likeness (QED) is 0.603. The second kappa shape index (κ2) is 10.5. The molecule has 1 aromatic carbocycles. The molecular formula is C22H26FNO5S. The molecule has 0 saturated heterocycles. The van der Waals surface area contributed by atoms with Crippen molar-refractivity contribution in [3.63, 3.8) is 0 Å². The Morgan fingerprint density at radius 2 is 1.83 bits per heavy atom. The molecule has 1 aliphatic carbocycles. The van der Waals surface area contributed by atoms with E-state index in [2.05, 4.69) is 0 Å². The van der Waals surface area contributed by atoms with Gasteiger partial charge in [0.2, 0.25) is 0 Å². The number of aliphatic carboxylic acids is 1. The molecule has 8 heteroatoms. The number of carboxylic acids is 1. The van der Waals surface area contributed by atoms with Crippen molar-refractivity contribution in [3.8, 4) is 0 Å². The molecule has 6 nitrogen and oxygen atoms in total. The number of halogens is 1. The van der Waals surface area contributed by atoms with Gasteiger partial charge in [0, 0.05) is 4.88 Å². The number of carboxylic acid groups (broad SMARTS) is 1. The van der Waals surface area contributed by atoms with Crippen molar-refractivity contribution in [1.82, 2.24) is 0 Å². The van der Waals surface area contributed by atoms with Gasteiger partial charge in [-0.2, -0.15) is 0 Å². The van der Waals surface area contributed by atoms with Crippen LogP contribution in [0.2, 0.25) is 0 Å². The van der Waals surface area contributed by atoms with Crippen molar-refractivity contribution >= 4 is 34.1 Å². The number of ether oxygens (including phenoxy) is 2. The molecule has 0 radical (unpaired) electrons. The molecule has 0 spiro atoms. The molecule has 0 unspecified atom stereocenters. The lowest BCUT2D eigenvalue weighted by Crippen LogP contribution is -2.29. The molecule has 3 rings (SSSR count). The van der Waals surface area contributed by atoms with Crippen LogP contribution < -0.4 is 4.90 Å². The van der Waals surface area contributed by atoms with E-state index in [1.54, 1.807) is 12.1 Å². The van der Waals surface area contributed by atoms with Crippen LogP contribution in [0.5, 0.6) is 0 Å². The molecule has 0 aliphatic heterocycles. The summed E-state index contributed by atoms with van der Waals surface area (Å²) in [6, 6.07) is 9.65. The molecule has 0 atom stereocenters. The molecule has 1 aliphatic rings. The van der Waals surface area contributed by atoms with Gasteiger partial charge in [-0.15, -0.1) is 11.3 Å². The molecule has 0 bridgehead atoms. The van der Waals surface area contributed by atoms with Crippen LogP contribution in [0.1, 0.15) is 30.6 Å². The fourth-order valence-electron chi connectivity index (χ4n) is 3.61. The number of hydrogen-bond acceptors (Lipinski definition) is 5. The maximum atomic E-state index is 13.7. The zero-order valence-corrected chi connectivity index (χ0v) is 17.7. The maximum absolute atomic E-state index is 13.7. The van der Waals surface area contributed by atoms with Crippen molar-refractivity contribution in [2.24, 2.45) is 11.8 Å². The minimum Gasteiger partial charge on any atom is -0.480 e. The molecule has 1 heterocycles. The molecular weight excluding hydrogens is 409 g/mol. The number of thiophene rings is 1. The highest BCUT2D eigenvalue weighted by Gasteiger charge is 2.26. The van der Waals surface area contributed by atoms with Gasteiger partial charge >= 0.3 is 12.1 Å². The Bertz CT molecular complexity index is 863. The second-order valence-corrected chi connectivity index (χ2v) is 8.84. The smallest absolute Gasteiger partial charge is 0.419 e. The number of nitrogens with zero attached hydrogens (tertiary/aromatic N) is 1. The third kappa shape index (κ3) is 6.27. The zero-order chi connectivity index (χ0) is 21.5. The normalized spacial score (nSPS) is 18.7. The molecule has 1 saturated carbocycles. The SMILES string of the molecule is Cc1ccc(N(C(=O)OCC2CCC(COCC(=O)O)CC2)c2cccc(F)c2)s1. The van der Waals surface area contributed by atoms with Gasteiger partial charge in [0.1, 0.15) is 17.4 Å². The first kappa shape index (κ1) is 22.2. The topological polar surface area (TPSA) is 76.1 Å². The van der Waals surface area contributed by atoms with E-state index in [0.717, 1.165) is 30.6 Å². The van der Waals surface area contributed by atoms with Gasteiger partial charge in [0.25, 0.3) is 0 Å². The van der Waals surface area contributed by atoms with E-state index < -0.39 is 17.9 Å². The summed E-state index contributed by atoms with van der Waals surface area (Å²) < 4.78 is 24.5. The Hall–Kier alpha value is -2.45. The van der Waals surface area contributed by atoms with Crippen molar-refractivity contribution in [2.75, 3.05) is 24.7 Å². The van der Waals surface area contributed by atoms with Crippen molar-refractivity contribution in [1.29, 1.82) is 0 Å². The number of carbonyl (C=O) groups is 2. The second-order valence-electron chi connectivity index (χ2n) is 7.57. The van der Waals surface area contributed by atoms with Gasteiger partial charge in [-0.05, 0) is 74.8 Å². The summed E-state index contributed by atoms with van der Waals surface area (Å²) in [5.74, 6) is -0.778. The van der Waals surface area contributed by atoms with Crippen LogP contribution >= 0.6 is 11.3 Å². The molecule has 1 N–H and O–H groups in total. The molecule has 1 aromatic heterocycles. The fourth-order valence-corrected chi connectivity index (χ4v) is 4.48. The number of benzene rings is 1. The molecule has 1 amide bonds. The van der Waals surface area contributed by atoms with E-state index >= 15 is 0 Å². The first-order valence-corrected chi connectivity index (χ1v) is 10.8. The third-order valence-electron chi connectivity index (χ3n) is 5.18. The van der Waals surface area contributed by atoms with Gasteiger partial charge in [0.05, 0.1) is 18.9 Å². The minimum absolute atomic E-state index is 0.254. The Morgan fingerprint density at radius 1 is 1.13 bits per heavy atom. The van der Waals surface area contributed by atoms with E-state index in [4.69, 9.17) is 14.6 Å². The lowest BCUT2D eigenvalue weighted by atomic mass is 9.83. The Labute approximate surface area is 179 Å². The molecule has 162 valence electrons. The Kier molecular flexibility index (Phi) is 7.81. The number of carbonyl (C=O) groups excluding carboxylic acids is 1. The fraction of sp³-hybridized carbons (Fsp3) is 0.455. The van der Waals surface area contributed by atoms with E-state index in [9.17, 15) is 14.0 Å². The number of rotatable bonds is 8. The largest absolute Gasteiger partial charge is 0.480 e. The van der Waals surface area contributed by atoms with Gasteiger partial charge in [-0.3, -0.25) is 0 Å². The Balaban J connectivity index is 1.55. The summed E-state index contributed by atoms with van der Waals surface area (Å²) in [6.07, 6.45) is 3.10. The maximum Gasteiger partial charge on any atom is 0.419 e. The monoisotopic (exact) mass is 435 g/mol. The van der Waals surface area contributed by atoms with Crippen LogP contribution in [0.25, 0.3) is 0 Å². The van der Waals surface area contributed by atoms with Gasteiger partial charge < -0.3 is 14.6 Å². The predicted octanol–water partition coefficient (Wildman–Crippen LogP) is 5.38. The average Bonchev–Trinajstić information content (AvgIpc) is 3.13. The van der Waals surface area contributed by atoms with Gasteiger partial charge in [-0.1, -0.05) is 6.07 Å². The van der Waals surface area contributed by atoms with Crippen molar-refractivity contribution in [2.45, 2.75) is 32.6 Å². The number of aryl methyl sites for hydroxylation is 1. The van der Waals surface area contributed by atoms with Crippen LogP contribution in [0.3, 0.4) is 0 Å². The summed E-state index contributed by atoms with van der Waals surface area (Å²) in [6.45, 7) is 2.43. The summed E-state index contributed by atoms with van der Waals surface area (Å²) in [5.41, 5.74) is 0.432. The Morgan fingerprint density at radius 3 is 2.43 bits per heavy atom. The standard InChI is InChI=1S/C22H26FNO5S/c1-15-5-10-20(30-15)24(19-4-2-3-18(23)11-19)22(27)29-13-17-8-6-16(7-9-17)12-28-14-21(25)26/h2-5,10-11,16-17H,6-9,12-14H2,1H3,(H,25,26). The highest BCUT2D eigenvalue weighted by atomic mass is 32.1. The lowest BCUT2D eigenvalue weighted by Gasteiger charge is -2.28. The zero-order valence-electron chi connectivity index (χ0n) is 16.9. The van der Waals surface area contributed by atoms with E-state index in [1.165, 1.54) is 28.4 Å². The van der Waals surface area contributed by atoms with E-state index in [0.29, 0.717) is 29.8 Å². The summed E-state index contributed by atoms with van der Waals surface area (Å²) in [5, 5.41) is 9.32. The average molecular weight is 436 g/mol. The molecule has 30 heavy (non-hydrogen) atoms. The van der Waals surface area contributed by atoms with Crippen LogP contribution in [0.15, 0.2) is 36.4 Å². The van der Waals surface area contributed by atoms with Gasteiger partial charge in [-0.25, -0.2) is 18.9 Å². The summed E-state index contributed by atoms with van der Waals surface area (Å²) in [4.78, 5) is 25.9. The van der Waals surface area contributed by atoms with Gasteiger partial charge in [0.15, 0.2) is 0 Å². The van der Waals surface area contributed by atoms with Crippen LogP contribution in [0, 0.1) is 24.6 Å². The predicted molar refractivity (Wildman–Crippen MR) is 113 cm³/mol. The first-order valence-electron chi connectivity index (χ1n) is 10.0. The first-order chi connectivity index (χ1) is 14.4. The van der Waals surface area contributed by atoms with Crippen molar-refractivity contribution < 1.29 is 28.6 Å². The van der Waals surface area contributed by atoms with Crippen molar-refractivity contribution in [3.05, 3.63) is 47.1 Å². The minimum atomic E-state index is -0.959. The number of amides is 1. The van der Waals surface area contributed by atoms with E-state index in [-0.39, 0.29) is 12.5 Å². The molecule has 2 aromatic rings. The van der Waals surface area contributed by atoms with E-state index in [1.807, 2.05) is 19.1 Å². The highest BCUT2D eigenvalue weighted by Crippen LogP contribution is 2.34. The molecule has 1 fully saturated rings. The summed E-state index contributed by atoms with van der Waals surface area (Å²) >= 11 is 1.44. The van der Waals surface area contributed by atoms with Crippen LogP contribution in [-0.2, 0) is 14.3 Å². The lowest BCUT2D eigenvalue weighted by molar-refractivity contribution is -0.142. The van der Waals surface area contributed by atoms with Crippen LogP contribution in [0.4, 0.5) is 19.9 Å². The number of hydrogen-bond donors (Lipinski definition) is 1. The number of anilines is 2. The van der Waals surface area contributed by atoms with Crippen LogP contribution in [-0.4, -0.2) is 37.0 Å². The third-order valence-corrected chi connectivity index (χ3v) is 6.17. The highest BCUT2D eigenvalue weighted by molar-refractivity contribution is 7.16.